The van der Waals surface area contributed by atoms with Gasteiger partial charge in [-0.25, -0.2) is 0 Å². The minimum Gasteiger partial charge on any atom is -0.325 e. The van der Waals surface area contributed by atoms with Crippen LogP contribution in [-0.2, 0) is 11.3 Å². The molecule has 1 saturated heterocycles. The number of nitrogens with zero attached hydrogens (tertiary/aromatic N) is 2. The Kier molecular flexibility index (Phi) is 4.61. The molecule has 25 heavy (non-hydrogen) atoms. The summed E-state index contributed by atoms with van der Waals surface area (Å²) in [7, 11) is 0. The van der Waals surface area contributed by atoms with Crippen LogP contribution in [0.2, 0.25) is 0 Å². The molecule has 2 aromatic rings. The molecule has 0 spiro atoms. The Balaban J connectivity index is 1.42. The molecule has 0 aliphatic carbocycles. The van der Waals surface area contributed by atoms with Crippen LogP contribution in [0.4, 0.5) is 11.4 Å². The lowest BCUT2D eigenvalue weighted by molar-refractivity contribution is -0.115. The smallest absolute Gasteiger partial charge is 0.237 e. The molecular weight excluding hydrogens is 310 g/mol. The van der Waals surface area contributed by atoms with E-state index in [0.717, 1.165) is 23.5 Å². The van der Waals surface area contributed by atoms with Gasteiger partial charge in [-0.1, -0.05) is 36.8 Å². The Hall–Kier alpha value is -2.46. The first kappa shape index (κ1) is 16.0. The van der Waals surface area contributed by atoms with E-state index >= 15 is 0 Å². The number of rotatable bonds is 4. The predicted molar refractivity (Wildman–Crippen MR) is 102 cm³/mol. The van der Waals surface area contributed by atoms with Crippen molar-refractivity contribution in [3.63, 3.8) is 0 Å². The highest BCUT2D eigenvalue weighted by Gasteiger charge is 2.28. The van der Waals surface area contributed by atoms with E-state index in [1.165, 1.54) is 37.9 Å². The summed E-state index contributed by atoms with van der Waals surface area (Å²) in [5.41, 5.74) is 4.10. The van der Waals surface area contributed by atoms with Gasteiger partial charge in [0.15, 0.2) is 0 Å². The standard InChI is InChI=1S/C21H23N3O/c25-21-19(18-6-2-3-7-20(18)23-21)14-22-17-10-8-16(9-11-17)15-24-12-4-1-5-13-24/h2-3,6-11,14,19H,1,4-5,12-13,15H2,(H,23,25). The highest BCUT2D eigenvalue weighted by atomic mass is 16.2. The third-order valence-corrected chi connectivity index (χ3v) is 5.00. The number of likely N-dealkylation sites (tertiary alicyclic amines) is 1. The van der Waals surface area contributed by atoms with Gasteiger partial charge in [-0.05, 0) is 55.3 Å². The molecule has 1 N–H and O–H groups in total. The van der Waals surface area contributed by atoms with Crippen molar-refractivity contribution >= 4 is 23.5 Å². The van der Waals surface area contributed by atoms with Gasteiger partial charge in [-0.3, -0.25) is 14.7 Å². The Bertz CT molecular complexity index is 776. The van der Waals surface area contributed by atoms with Gasteiger partial charge < -0.3 is 5.32 Å². The average Bonchev–Trinajstić information content (AvgIpc) is 2.97. The monoisotopic (exact) mass is 333 g/mol. The summed E-state index contributed by atoms with van der Waals surface area (Å²) in [5, 5.41) is 2.90. The summed E-state index contributed by atoms with van der Waals surface area (Å²) in [5.74, 6) is -0.309. The maximum Gasteiger partial charge on any atom is 0.237 e. The molecule has 128 valence electrons. The zero-order valence-electron chi connectivity index (χ0n) is 14.3. The molecule has 2 aliphatic rings. The van der Waals surface area contributed by atoms with Crippen molar-refractivity contribution in [3.05, 3.63) is 59.7 Å². The maximum atomic E-state index is 12.1. The van der Waals surface area contributed by atoms with Crippen LogP contribution in [0, 0.1) is 0 Å². The van der Waals surface area contributed by atoms with E-state index in [-0.39, 0.29) is 11.8 Å². The van der Waals surface area contributed by atoms with E-state index < -0.39 is 0 Å². The molecule has 0 radical (unpaired) electrons. The number of hydrogen-bond donors (Lipinski definition) is 1. The van der Waals surface area contributed by atoms with Crippen molar-refractivity contribution in [1.82, 2.24) is 4.90 Å². The van der Waals surface area contributed by atoms with E-state index in [1.54, 1.807) is 6.21 Å². The molecule has 1 atom stereocenters. The van der Waals surface area contributed by atoms with Crippen molar-refractivity contribution in [2.75, 3.05) is 18.4 Å². The first-order valence-electron chi connectivity index (χ1n) is 9.05. The molecule has 4 rings (SSSR count). The number of fused-ring (bicyclic) bond motifs is 1. The van der Waals surface area contributed by atoms with E-state index in [4.69, 9.17) is 0 Å². The van der Waals surface area contributed by atoms with Crippen LogP contribution in [0.1, 0.15) is 36.3 Å². The van der Waals surface area contributed by atoms with Gasteiger partial charge >= 0.3 is 0 Å². The topological polar surface area (TPSA) is 44.7 Å². The third-order valence-electron chi connectivity index (χ3n) is 5.00. The second kappa shape index (κ2) is 7.19. The van der Waals surface area contributed by atoms with Crippen LogP contribution < -0.4 is 5.32 Å². The lowest BCUT2D eigenvalue weighted by Crippen LogP contribution is -2.28. The van der Waals surface area contributed by atoms with Crippen molar-refractivity contribution in [1.29, 1.82) is 0 Å². The Labute approximate surface area is 148 Å². The number of nitrogens with one attached hydrogen (secondary N) is 1. The molecule has 2 heterocycles. The van der Waals surface area contributed by atoms with Crippen molar-refractivity contribution in [2.24, 2.45) is 4.99 Å². The van der Waals surface area contributed by atoms with Gasteiger partial charge in [-0.15, -0.1) is 0 Å². The predicted octanol–water partition coefficient (Wildman–Crippen LogP) is 4.11. The van der Waals surface area contributed by atoms with Crippen molar-refractivity contribution in [3.8, 4) is 0 Å². The van der Waals surface area contributed by atoms with Crippen LogP contribution >= 0.6 is 0 Å². The highest BCUT2D eigenvalue weighted by molar-refractivity contribution is 6.12. The van der Waals surface area contributed by atoms with Crippen LogP contribution in [-0.4, -0.2) is 30.1 Å². The molecule has 0 aromatic heterocycles. The summed E-state index contributed by atoms with van der Waals surface area (Å²) in [6.07, 6.45) is 5.74. The van der Waals surface area contributed by atoms with Gasteiger partial charge in [-0.2, -0.15) is 0 Å². The minimum atomic E-state index is -0.302. The van der Waals surface area contributed by atoms with Gasteiger partial charge in [0.1, 0.15) is 5.92 Å². The molecule has 1 amide bonds. The van der Waals surface area contributed by atoms with Crippen molar-refractivity contribution in [2.45, 2.75) is 31.7 Å². The fourth-order valence-electron chi connectivity index (χ4n) is 3.61. The largest absolute Gasteiger partial charge is 0.325 e. The molecule has 1 unspecified atom stereocenters. The Morgan fingerprint density at radius 1 is 1.04 bits per heavy atom. The summed E-state index contributed by atoms with van der Waals surface area (Å²) in [6, 6.07) is 16.1. The molecule has 0 bridgehead atoms. The van der Waals surface area contributed by atoms with Crippen LogP contribution in [0.3, 0.4) is 0 Å². The summed E-state index contributed by atoms with van der Waals surface area (Å²) >= 11 is 0. The number of piperidine rings is 1. The van der Waals surface area contributed by atoms with Gasteiger partial charge in [0.25, 0.3) is 0 Å². The molecule has 4 heteroatoms. The zero-order valence-corrected chi connectivity index (χ0v) is 14.3. The number of carbonyl (C=O) groups excluding carboxylic acids is 1. The van der Waals surface area contributed by atoms with Crippen LogP contribution in [0.15, 0.2) is 53.5 Å². The lowest BCUT2D eigenvalue weighted by atomic mass is 10.0. The quantitative estimate of drug-likeness (QED) is 0.856. The van der Waals surface area contributed by atoms with E-state index in [1.807, 2.05) is 36.4 Å². The first-order valence-corrected chi connectivity index (χ1v) is 9.05. The number of benzene rings is 2. The number of amides is 1. The summed E-state index contributed by atoms with van der Waals surface area (Å²) in [6.45, 7) is 3.43. The normalized spacial score (nSPS) is 20.6. The summed E-state index contributed by atoms with van der Waals surface area (Å²) in [4.78, 5) is 19.2. The van der Waals surface area contributed by atoms with Crippen LogP contribution in [0.25, 0.3) is 0 Å². The molecular formula is C21H23N3O. The molecule has 2 aromatic carbocycles. The Morgan fingerprint density at radius 2 is 1.80 bits per heavy atom. The zero-order chi connectivity index (χ0) is 17.1. The van der Waals surface area contributed by atoms with E-state index in [2.05, 4.69) is 27.3 Å². The summed E-state index contributed by atoms with van der Waals surface area (Å²) < 4.78 is 0. The Morgan fingerprint density at radius 3 is 2.60 bits per heavy atom. The molecule has 1 fully saturated rings. The van der Waals surface area contributed by atoms with E-state index in [9.17, 15) is 4.79 Å². The number of aliphatic imine (C=N–C) groups is 1. The highest BCUT2D eigenvalue weighted by Crippen LogP contribution is 2.31. The fourth-order valence-corrected chi connectivity index (χ4v) is 3.61. The SMILES string of the molecule is O=C1Nc2ccccc2C1C=Nc1ccc(CN2CCCCC2)cc1. The third kappa shape index (κ3) is 3.64. The number of carbonyl (C=O) groups is 1. The minimum absolute atomic E-state index is 0.00771. The number of anilines is 1. The van der Waals surface area contributed by atoms with Gasteiger partial charge in [0, 0.05) is 18.4 Å². The molecule has 4 nitrogen and oxygen atoms in total. The van der Waals surface area contributed by atoms with Gasteiger partial charge in [0.05, 0.1) is 5.69 Å². The second-order valence-corrected chi connectivity index (χ2v) is 6.84. The van der Waals surface area contributed by atoms with Crippen LogP contribution in [0.5, 0.6) is 0 Å². The maximum absolute atomic E-state index is 12.1. The molecule has 2 aliphatic heterocycles. The molecule has 0 saturated carbocycles. The number of hydrogen-bond acceptors (Lipinski definition) is 3. The van der Waals surface area contributed by atoms with Gasteiger partial charge in [0.2, 0.25) is 5.91 Å². The average molecular weight is 333 g/mol. The lowest BCUT2D eigenvalue weighted by Gasteiger charge is -2.26. The fraction of sp³-hybridized carbons (Fsp3) is 0.333. The second-order valence-electron chi connectivity index (χ2n) is 6.84. The first-order chi connectivity index (χ1) is 12.3. The van der Waals surface area contributed by atoms with E-state index in [0.29, 0.717) is 0 Å². The van der Waals surface area contributed by atoms with Crippen molar-refractivity contribution < 1.29 is 4.79 Å². The number of para-hydroxylation sites is 1.